The molecular weight excluding hydrogens is 260 g/mol. The lowest BCUT2D eigenvalue weighted by Crippen LogP contribution is -2.34. The Morgan fingerprint density at radius 1 is 1.05 bits per heavy atom. The van der Waals surface area contributed by atoms with Gasteiger partial charge in [0.2, 0.25) is 0 Å². The minimum absolute atomic E-state index is 0.0208. The summed E-state index contributed by atoms with van der Waals surface area (Å²) >= 11 is 0. The van der Waals surface area contributed by atoms with Crippen molar-refractivity contribution < 1.29 is 19.8 Å². The summed E-state index contributed by atoms with van der Waals surface area (Å²) in [5, 5.41) is 19.6. The van der Waals surface area contributed by atoms with Crippen LogP contribution in [0.1, 0.15) is 20.8 Å². The molecule has 112 valence electrons. The Balaban J connectivity index is 0.000000396. The molecule has 1 rings (SSSR count). The summed E-state index contributed by atoms with van der Waals surface area (Å²) in [5.74, 6) is -1.76. The largest absolute Gasteiger partial charge is 0.480 e. The van der Waals surface area contributed by atoms with E-state index >= 15 is 0 Å². The maximum atomic E-state index is 10.4. The summed E-state index contributed by atoms with van der Waals surface area (Å²) in [6, 6.07) is 8.01. The number of carboxylic acid groups (broad SMARTS) is 2. The van der Waals surface area contributed by atoms with Crippen LogP contribution in [-0.4, -0.2) is 34.2 Å². The van der Waals surface area contributed by atoms with Crippen molar-refractivity contribution >= 4 is 17.6 Å². The van der Waals surface area contributed by atoms with Crippen LogP contribution in [0.3, 0.4) is 0 Å². The van der Waals surface area contributed by atoms with Gasteiger partial charge >= 0.3 is 11.9 Å². The monoisotopic (exact) mass is 282 g/mol. The second-order valence-corrected chi connectivity index (χ2v) is 4.68. The fraction of sp³-hybridized carbons (Fsp3) is 0.429. The summed E-state index contributed by atoms with van der Waals surface area (Å²) in [5.41, 5.74) is 5.99. The molecule has 6 nitrogen and oxygen atoms in total. The van der Waals surface area contributed by atoms with Crippen molar-refractivity contribution in [2.24, 2.45) is 11.7 Å². The van der Waals surface area contributed by atoms with Crippen LogP contribution < -0.4 is 11.1 Å². The highest BCUT2D eigenvalue weighted by Gasteiger charge is 2.14. The SMILES string of the molecule is CC(C)[C@H](N)C(=O)O.CC(Nc1ccccc1)C(=O)O. The molecule has 0 saturated carbocycles. The number of hydrogen-bond acceptors (Lipinski definition) is 4. The lowest BCUT2D eigenvalue weighted by Gasteiger charge is -2.09. The predicted molar refractivity (Wildman–Crippen MR) is 77.6 cm³/mol. The Morgan fingerprint density at radius 2 is 1.55 bits per heavy atom. The molecule has 0 aliphatic heterocycles. The molecule has 0 fully saturated rings. The lowest BCUT2D eigenvalue weighted by atomic mass is 10.1. The van der Waals surface area contributed by atoms with Crippen LogP contribution in [0, 0.1) is 5.92 Å². The zero-order valence-electron chi connectivity index (χ0n) is 11.9. The van der Waals surface area contributed by atoms with Gasteiger partial charge in [-0.3, -0.25) is 9.59 Å². The van der Waals surface area contributed by atoms with Gasteiger partial charge in [0.05, 0.1) is 0 Å². The first kappa shape index (κ1) is 17.9. The normalized spacial score (nSPS) is 12.8. The molecule has 0 aliphatic rings. The number of carbonyl (C=O) groups is 2. The van der Waals surface area contributed by atoms with Crippen LogP contribution in [0.2, 0.25) is 0 Å². The Labute approximate surface area is 118 Å². The molecule has 0 saturated heterocycles. The Kier molecular flexibility index (Phi) is 8.00. The summed E-state index contributed by atoms with van der Waals surface area (Å²) in [6.45, 7) is 5.16. The van der Waals surface area contributed by atoms with E-state index in [4.69, 9.17) is 15.9 Å². The quantitative estimate of drug-likeness (QED) is 0.653. The van der Waals surface area contributed by atoms with Crippen molar-refractivity contribution in [2.75, 3.05) is 5.32 Å². The van der Waals surface area contributed by atoms with Crippen molar-refractivity contribution in [3.8, 4) is 0 Å². The lowest BCUT2D eigenvalue weighted by molar-refractivity contribution is -0.139. The number of carboxylic acids is 2. The number of benzene rings is 1. The molecule has 0 heterocycles. The minimum Gasteiger partial charge on any atom is -0.480 e. The Morgan fingerprint density at radius 3 is 1.85 bits per heavy atom. The fourth-order valence-electron chi connectivity index (χ4n) is 1.13. The molecule has 1 aromatic carbocycles. The average Bonchev–Trinajstić information content (AvgIpc) is 2.39. The van der Waals surface area contributed by atoms with E-state index in [0.29, 0.717) is 0 Å². The molecule has 0 aromatic heterocycles. The van der Waals surface area contributed by atoms with Gasteiger partial charge in [0.15, 0.2) is 0 Å². The first-order valence-corrected chi connectivity index (χ1v) is 6.28. The van der Waals surface area contributed by atoms with Gasteiger partial charge < -0.3 is 21.3 Å². The number of aliphatic carboxylic acids is 2. The van der Waals surface area contributed by atoms with Crippen LogP contribution in [-0.2, 0) is 9.59 Å². The van der Waals surface area contributed by atoms with Crippen molar-refractivity contribution in [3.05, 3.63) is 30.3 Å². The van der Waals surface area contributed by atoms with E-state index in [1.54, 1.807) is 20.8 Å². The third kappa shape index (κ3) is 7.38. The maximum absolute atomic E-state index is 10.4. The van der Waals surface area contributed by atoms with Crippen LogP contribution in [0.4, 0.5) is 5.69 Å². The highest BCUT2D eigenvalue weighted by Crippen LogP contribution is 2.06. The summed E-state index contributed by atoms with van der Waals surface area (Å²) in [4.78, 5) is 20.5. The van der Waals surface area contributed by atoms with Crippen LogP contribution in [0.5, 0.6) is 0 Å². The van der Waals surface area contributed by atoms with E-state index in [9.17, 15) is 9.59 Å². The van der Waals surface area contributed by atoms with Gasteiger partial charge in [0.25, 0.3) is 0 Å². The molecule has 1 unspecified atom stereocenters. The van der Waals surface area contributed by atoms with Crippen LogP contribution >= 0.6 is 0 Å². The van der Waals surface area contributed by atoms with Gasteiger partial charge in [0, 0.05) is 5.69 Å². The third-order valence-corrected chi connectivity index (χ3v) is 2.53. The number of para-hydroxylation sites is 1. The summed E-state index contributed by atoms with van der Waals surface area (Å²) in [7, 11) is 0. The van der Waals surface area contributed by atoms with E-state index in [0.717, 1.165) is 5.69 Å². The number of hydrogen-bond donors (Lipinski definition) is 4. The standard InChI is InChI=1S/C9H11NO2.C5H11NO2/c1-7(9(11)12)10-8-5-3-2-4-6-8;1-3(2)4(6)5(7)8/h2-7,10H,1H3,(H,11,12);3-4H,6H2,1-2H3,(H,7,8)/t;4-/m.0/s1. The van der Waals surface area contributed by atoms with Gasteiger partial charge in [-0.1, -0.05) is 32.0 Å². The maximum Gasteiger partial charge on any atom is 0.325 e. The first-order chi connectivity index (χ1) is 9.25. The van der Waals surface area contributed by atoms with E-state index in [1.807, 2.05) is 30.3 Å². The van der Waals surface area contributed by atoms with E-state index in [1.165, 1.54) is 0 Å². The second kappa shape index (κ2) is 8.92. The van der Waals surface area contributed by atoms with Crippen molar-refractivity contribution in [1.82, 2.24) is 0 Å². The van der Waals surface area contributed by atoms with Crippen molar-refractivity contribution in [3.63, 3.8) is 0 Å². The Bertz CT molecular complexity index is 420. The van der Waals surface area contributed by atoms with Gasteiger partial charge in [-0.05, 0) is 25.0 Å². The molecule has 0 spiro atoms. The fourth-order valence-corrected chi connectivity index (χ4v) is 1.13. The summed E-state index contributed by atoms with van der Waals surface area (Å²) < 4.78 is 0. The highest BCUT2D eigenvalue weighted by molar-refractivity contribution is 5.76. The van der Waals surface area contributed by atoms with Crippen molar-refractivity contribution in [1.29, 1.82) is 0 Å². The molecule has 6 heteroatoms. The number of anilines is 1. The third-order valence-electron chi connectivity index (χ3n) is 2.53. The van der Waals surface area contributed by atoms with Crippen LogP contribution in [0.25, 0.3) is 0 Å². The van der Waals surface area contributed by atoms with Crippen LogP contribution in [0.15, 0.2) is 30.3 Å². The Hall–Kier alpha value is -2.08. The molecule has 0 radical (unpaired) electrons. The molecule has 20 heavy (non-hydrogen) atoms. The second-order valence-electron chi connectivity index (χ2n) is 4.68. The molecule has 0 amide bonds. The first-order valence-electron chi connectivity index (χ1n) is 6.28. The minimum atomic E-state index is -0.931. The molecule has 2 atom stereocenters. The highest BCUT2D eigenvalue weighted by atomic mass is 16.4. The molecule has 1 aromatic rings. The zero-order chi connectivity index (χ0) is 15.7. The van der Waals surface area contributed by atoms with Gasteiger partial charge in [0.1, 0.15) is 12.1 Å². The number of rotatable bonds is 5. The van der Waals surface area contributed by atoms with E-state index in [2.05, 4.69) is 5.32 Å². The molecule has 0 bridgehead atoms. The summed E-state index contributed by atoms with van der Waals surface area (Å²) in [6.07, 6.45) is 0. The molecular formula is C14H22N2O4. The number of nitrogens with one attached hydrogen (secondary N) is 1. The van der Waals surface area contributed by atoms with Gasteiger partial charge in [-0.2, -0.15) is 0 Å². The van der Waals surface area contributed by atoms with E-state index < -0.39 is 24.0 Å². The van der Waals surface area contributed by atoms with Crippen molar-refractivity contribution in [2.45, 2.75) is 32.9 Å². The van der Waals surface area contributed by atoms with Gasteiger partial charge in [-0.25, -0.2) is 0 Å². The number of nitrogens with two attached hydrogens (primary N) is 1. The topological polar surface area (TPSA) is 113 Å². The predicted octanol–water partition coefficient (Wildman–Crippen LogP) is 1.63. The zero-order valence-corrected chi connectivity index (χ0v) is 11.9. The smallest absolute Gasteiger partial charge is 0.325 e. The van der Waals surface area contributed by atoms with Gasteiger partial charge in [-0.15, -0.1) is 0 Å². The molecule has 0 aliphatic carbocycles. The average molecular weight is 282 g/mol. The van der Waals surface area contributed by atoms with E-state index in [-0.39, 0.29) is 5.92 Å². The molecule has 5 N–H and O–H groups in total.